The van der Waals surface area contributed by atoms with Gasteiger partial charge in [-0.25, -0.2) is 0 Å². The van der Waals surface area contributed by atoms with Gasteiger partial charge in [0.25, 0.3) is 5.91 Å². The lowest BCUT2D eigenvalue weighted by atomic mass is 10.2. The molecule has 6 heteroatoms. The number of carbonyl (C=O) groups is 1. The van der Waals surface area contributed by atoms with Gasteiger partial charge in [-0.1, -0.05) is 40.9 Å². The summed E-state index contributed by atoms with van der Waals surface area (Å²) in [5, 5.41) is 0.896. The Labute approximate surface area is 137 Å². The summed E-state index contributed by atoms with van der Waals surface area (Å²) in [5.41, 5.74) is 1.17. The lowest BCUT2D eigenvalue weighted by molar-refractivity contribution is -0.121. The van der Waals surface area contributed by atoms with Crippen LogP contribution in [0.4, 0.5) is 0 Å². The second-order valence-corrected chi connectivity index (χ2v) is 6.03. The number of amides is 1. The molecule has 1 amide bonds. The van der Waals surface area contributed by atoms with Crippen LogP contribution >= 0.6 is 35.1 Å². The van der Waals surface area contributed by atoms with Crippen molar-refractivity contribution in [2.75, 3.05) is 6.61 Å². The maximum absolute atomic E-state index is 11.7. The number of ether oxygens (including phenoxy) is 1. The molecule has 0 saturated heterocycles. The number of aryl methyl sites for hydroxylation is 1. The van der Waals surface area contributed by atoms with Crippen LogP contribution in [-0.4, -0.2) is 12.5 Å². The molecule has 0 fully saturated rings. The molecule has 0 aliphatic rings. The van der Waals surface area contributed by atoms with Crippen LogP contribution < -0.4 is 9.46 Å². The second-order valence-electron chi connectivity index (χ2n) is 4.30. The number of hydrogen-bond donors (Lipinski definition) is 1. The summed E-state index contributed by atoms with van der Waals surface area (Å²) >= 11 is 13.0. The molecule has 0 heterocycles. The van der Waals surface area contributed by atoms with E-state index in [1.54, 1.807) is 18.2 Å². The SMILES string of the molecule is Cc1ccc(SNC(=O)COc2ccc(Cl)cc2Cl)cc1. The van der Waals surface area contributed by atoms with E-state index in [2.05, 4.69) is 4.72 Å². The molecule has 0 spiro atoms. The Balaban J connectivity index is 1.80. The molecule has 2 rings (SSSR count). The first-order chi connectivity index (χ1) is 10.0. The molecule has 0 unspecified atom stereocenters. The minimum absolute atomic E-state index is 0.111. The molecule has 1 N–H and O–H groups in total. The van der Waals surface area contributed by atoms with E-state index < -0.39 is 0 Å². The maximum Gasteiger partial charge on any atom is 0.267 e. The van der Waals surface area contributed by atoms with Crippen molar-refractivity contribution in [2.24, 2.45) is 0 Å². The summed E-state index contributed by atoms with van der Waals surface area (Å²) < 4.78 is 8.05. The molecule has 0 bridgehead atoms. The summed E-state index contributed by atoms with van der Waals surface area (Å²) in [6.07, 6.45) is 0. The third-order valence-electron chi connectivity index (χ3n) is 2.56. The Morgan fingerprint density at radius 3 is 2.57 bits per heavy atom. The van der Waals surface area contributed by atoms with Crippen LogP contribution in [0.2, 0.25) is 10.0 Å². The smallest absolute Gasteiger partial charge is 0.267 e. The number of nitrogens with one attached hydrogen (secondary N) is 1. The van der Waals surface area contributed by atoms with Crippen LogP contribution in [0.5, 0.6) is 5.75 Å². The van der Waals surface area contributed by atoms with Gasteiger partial charge in [-0.15, -0.1) is 0 Å². The highest BCUT2D eigenvalue weighted by Gasteiger charge is 2.07. The first-order valence-corrected chi connectivity index (χ1v) is 7.72. The van der Waals surface area contributed by atoms with E-state index in [0.717, 1.165) is 4.90 Å². The van der Waals surface area contributed by atoms with E-state index >= 15 is 0 Å². The predicted molar refractivity (Wildman–Crippen MR) is 87.1 cm³/mol. The molecule has 0 aliphatic carbocycles. The van der Waals surface area contributed by atoms with E-state index in [1.165, 1.54) is 17.5 Å². The Morgan fingerprint density at radius 1 is 1.19 bits per heavy atom. The zero-order chi connectivity index (χ0) is 15.2. The molecular weight excluding hydrogens is 329 g/mol. The standard InChI is InChI=1S/C15H13Cl2NO2S/c1-10-2-5-12(6-3-10)21-18-15(19)9-20-14-7-4-11(16)8-13(14)17/h2-8H,9H2,1H3,(H,18,19). The highest BCUT2D eigenvalue weighted by atomic mass is 35.5. The molecule has 0 aromatic heterocycles. The normalized spacial score (nSPS) is 10.2. The van der Waals surface area contributed by atoms with Crippen molar-refractivity contribution < 1.29 is 9.53 Å². The Bertz CT molecular complexity index is 632. The molecule has 21 heavy (non-hydrogen) atoms. The lowest BCUT2D eigenvalue weighted by Crippen LogP contribution is -2.23. The van der Waals surface area contributed by atoms with Gasteiger partial charge in [0.1, 0.15) is 5.75 Å². The van der Waals surface area contributed by atoms with Crippen molar-refractivity contribution >= 4 is 41.1 Å². The quantitative estimate of drug-likeness (QED) is 0.813. The Morgan fingerprint density at radius 2 is 1.90 bits per heavy atom. The van der Waals surface area contributed by atoms with Crippen molar-refractivity contribution in [1.82, 2.24) is 4.72 Å². The molecule has 0 radical (unpaired) electrons. The summed E-state index contributed by atoms with van der Waals surface area (Å²) in [5.74, 6) is 0.183. The van der Waals surface area contributed by atoms with Crippen LogP contribution in [0, 0.1) is 6.92 Å². The fourth-order valence-electron chi connectivity index (χ4n) is 1.49. The van der Waals surface area contributed by atoms with Gasteiger partial charge in [-0.2, -0.15) is 0 Å². The summed E-state index contributed by atoms with van der Waals surface area (Å²) in [6.45, 7) is 1.90. The number of carbonyl (C=O) groups excluding carboxylic acids is 1. The first kappa shape index (κ1) is 16.0. The summed E-state index contributed by atoms with van der Waals surface area (Å²) in [7, 11) is 0. The van der Waals surface area contributed by atoms with E-state index in [1.807, 2.05) is 31.2 Å². The molecule has 2 aromatic rings. The van der Waals surface area contributed by atoms with Gasteiger partial charge in [0.2, 0.25) is 0 Å². The molecule has 110 valence electrons. The highest BCUT2D eigenvalue weighted by Crippen LogP contribution is 2.27. The molecule has 2 aromatic carbocycles. The monoisotopic (exact) mass is 341 g/mol. The van der Waals surface area contributed by atoms with Crippen LogP contribution in [0.3, 0.4) is 0 Å². The molecule has 0 aliphatic heterocycles. The third-order valence-corrected chi connectivity index (χ3v) is 3.92. The van der Waals surface area contributed by atoms with Crippen LogP contribution in [0.1, 0.15) is 5.56 Å². The Kier molecular flexibility index (Phi) is 5.79. The Hall–Kier alpha value is -1.36. The van der Waals surface area contributed by atoms with E-state index in [0.29, 0.717) is 15.8 Å². The molecule has 3 nitrogen and oxygen atoms in total. The summed E-state index contributed by atoms with van der Waals surface area (Å²) in [4.78, 5) is 12.7. The van der Waals surface area contributed by atoms with Gasteiger partial charge < -0.3 is 4.74 Å². The van der Waals surface area contributed by atoms with Crippen molar-refractivity contribution in [3.63, 3.8) is 0 Å². The molecular formula is C15H13Cl2NO2S. The van der Waals surface area contributed by atoms with Gasteiger partial charge >= 0.3 is 0 Å². The minimum Gasteiger partial charge on any atom is -0.482 e. The summed E-state index contributed by atoms with van der Waals surface area (Å²) in [6, 6.07) is 12.7. The van der Waals surface area contributed by atoms with Gasteiger partial charge in [0.15, 0.2) is 6.61 Å². The number of rotatable bonds is 5. The largest absolute Gasteiger partial charge is 0.482 e. The van der Waals surface area contributed by atoms with Gasteiger partial charge in [-0.3, -0.25) is 9.52 Å². The first-order valence-electron chi connectivity index (χ1n) is 6.15. The average Bonchev–Trinajstić information content (AvgIpc) is 2.46. The highest BCUT2D eigenvalue weighted by molar-refractivity contribution is 7.98. The maximum atomic E-state index is 11.7. The van der Waals surface area contributed by atoms with E-state index in [4.69, 9.17) is 27.9 Å². The van der Waals surface area contributed by atoms with Gasteiger partial charge in [0.05, 0.1) is 5.02 Å². The second kappa shape index (κ2) is 7.59. The number of benzene rings is 2. The van der Waals surface area contributed by atoms with Gasteiger partial charge in [-0.05, 0) is 49.2 Å². The number of hydrogen-bond acceptors (Lipinski definition) is 3. The molecule has 0 saturated carbocycles. The predicted octanol–water partition coefficient (Wildman–Crippen LogP) is 4.50. The number of halogens is 2. The van der Waals surface area contributed by atoms with Crippen molar-refractivity contribution in [2.45, 2.75) is 11.8 Å². The van der Waals surface area contributed by atoms with Crippen molar-refractivity contribution in [1.29, 1.82) is 0 Å². The van der Waals surface area contributed by atoms with Crippen molar-refractivity contribution in [3.05, 3.63) is 58.1 Å². The lowest BCUT2D eigenvalue weighted by Gasteiger charge is -2.08. The topological polar surface area (TPSA) is 38.3 Å². The third kappa shape index (κ3) is 5.16. The fourth-order valence-corrected chi connectivity index (χ4v) is 2.51. The van der Waals surface area contributed by atoms with Crippen molar-refractivity contribution in [3.8, 4) is 5.75 Å². The van der Waals surface area contributed by atoms with Crippen LogP contribution in [0.25, 0.3) is 0 Å². The van der Waals surface area contributed by atoms with Crippen LogP contribution in [0.15, 0.2) is 47.4 Å². The fraction of sp³-hybridized carbons (Fsp3) is 0.133. The molecule has 0 atom stereocenters. The van der Waals surface area contributed by atoms with Crippen LogP contribution in [-0.2, 0) is 4.79 Å². The average molecular weight is 342 g/mol. The van der Waals surface area contributed by atoms with E-state index in [9.17, 15) is 4.79 Å². The zero-order valence-electron chi connectivity index (χ0n) is 11.2. The van der Waals surface area contributed by atoms with E-state index in [-0.39, 0.29) is 12.5 Å². The zero-order valence-corrected chi connectivity index (χ0v) is 13.6. The van der Waals surface area contributed by atoms with Gasteiger partial charge in [0, 0.05) is 9.92 Å². The minimum atomic E-state index is -0.244.